The average molecular weight is 234 g/mol. The minimum absolute atomic E-state index is 0.105. The van der Waals surface area contributed by atoms with Gasteiger partial charge in [0.1, 0.15) is 0 Å². The van der Waals surface area contributed by atoms with Crippen molar-refractivity contribution in [1.29, 1.82) is 0 Å². The highest BCUT2D eigenvalue weighted by molar-refractivity contribution is 5.20. The second kappa shape index (κ2) is 6.12. The molecule has 1 saturated carbocycles. The van der Waals surface area contributed by atoms with E-state index < -0.39 is 0 Å². The van der Waals surface area contributed by atoms with Crippen molar-refractivity contribution in [3.05, 3.63) is 29.6 Å². The van der Waals surface area contributed by atoms with Gasteiger partial charge in [0.15, 0.2) is 0 Å². The van der Waals surface area contributed by atoms with Crippen LogP contribution in [-0.2, 0) is 6.54 Å². The lowest BCUT2D eigenvalue weighted by Gasteiger charge is -2.27. The van der Waals surface area contributed by atoms with Crippen LogP contribution in [-0.4, -0.2) is 22.7 Å². The Morgan fingerprint density at radius 1 is 1.41 bits per heavy atom. The summed E-state index contributed by atoms with van der Waals surface area (Å²) in [6, 6.07) is 2.03. The number of aliphatic hydroxyl groups excluding tert-OH is 1. The van der Waals surface area contributed by atoms with Gasteiger partial charge in [-0.25, -0.2) is 0 Å². The number of hydrogen-bond donors (Lipinski definition) is 2. The molecule has 0 amide bonds. The Bertz CT molecular complexity index is 354. The molecular formula is C14H22N2O. The molecule has 0 spiro atoms. The number of nitrogens with zero attached hydrogens (tertiary/aromatic N) is 1. The zero-order valence-electron chi connectivity index (χ0n) is 10.5. The number of aliphatic hydroxyl groups is 1. The van der Waals surface area contributed by atoms with Gasteiger partial charge in [-0.15, -0.1) is 0 Å². The quantitative estimate of drug-likeness (QED) is 0.838. The van der Waals surface area contributed by atoms with Crippen molar-refractivity contribution in [3.63, 3.8) is 0 Å². The van der Waals surface area contributed by atoms with Gasteiger partial charge in [-0.3, -0.25) is 4.98 Å². The van der Waals surface area contributed by atoms with Gasteiger partial charge in [0, 0.05) is 25.5 Å². The van der Waals surface area contributed by atoms with Crippen LogP contribution in [0.1, 0.15) is 36.8 Å². The minimum atomic E-state index is -0.105. The van der Waals surface area contributed by atoms with E-state index in [0.717, 1.165) is 25.9 Å². The Labute approximate surface area is 103 Å². The topological polar surface area (TPSA) is 45.2 Å². The minimum Gasteiger partial charge on any atom is -0.393 e. The molecule has 1 fully saturated rings. The summed E-state index contributed by atoms with van der Waals surface area (Å²) in [5.41, 5.74) is 2.52. The highest BCUT2D eigenvalue weighted by Gasteiger charge is 2.22. The number of hydrogen-bond acceptors (Lipinski definition) is 3. The molecular weight excluding hydrogens is 212 g/mol. The lowest BCUT2D eigenvalue weighted by Crippen LogP contribution is -2.33. The van der Waals surface area contributed by atoms with Crippen LogP contribution in [0.5, 0.6) is 0 Å². The van der Waals surface area contributed by atoms with Gasteiger partial charge in [0.05, 0.1) is 6.10 Å². The molecule has 2 rings (SSSR count). The summed E-state index contributed by atoms with van der Waals surface area (Å²) in [5, 5.41) is 13.3. The van der Waals surface area contributed by atoms with Crippen molar-refractivity contribution in [1.82, 2.24) is 10.3 Å². The number of aryl methyl sites for hydroxylation is 1. The molecule has 1 aromatic heterocycles. The first-order valence-corrected chi connectivity index (χ1v) is 6.55. The van der Waals surface area contributed by atoms with Gasteiger partial charge in [-0.2, -0.15) is 0 Å². The molecule has 0 saturated heterocycles. The van der Waals surface area contributed by atoms with Gasteiger partial charge in [0.2, 0.25) is 0 Å². The molecule has 0 bridgehead atoms. The van der Waals surface area contributed by atoms with Crippen LogP contribution in [0.15, 0.2) is 18.5 Å². The van der Waals surface area contributed by atoms with Crippen LogP contribution in [0.25, 0.3) is 0 Å². The predicted octanol–water partition coefficient (Wildman–Crippen LogP) is 2.03. The van der Waals surface area contributed by atoms with E-state index in [9.17, 15) is 5.11 Å². The normalized spacial score (nSPS) is 24.8. The van der Waals surface area contributed by atoms with E-state index in [1.165, 1.54) is 24.0 Å². The maximum Gasteiger partial charge on any atom is 0.0580 e. The maximum absolute atomic E-state index is 9.87. The molecule has 0 radical (unpaired) electrons. The van der Waals surface area contributed by atoms with E-state index >= 15 is 0 Å². The third-order valence-electron chi connectivity index (χ3n) is 3.74. The first-order chi connectivity index (χ1) is 8.27. The molecule has 2 unspecified atom stereocenters. The number of aromatic nitrogens is 1. The molecule has 94 valence electrons. The molecule has 2 N–H and O–H groups in total. The lowest BCUT2D eigenvalue weighted by molar-refractivity contribution is 0.0695. The highest BCUT2D eigenvalue weighted by atomic mass is 16.3. The summed E-state index contributed by atoms with van der Waals surface area (Å²) < 4.78 is 0. The molecule has 3 nitrogen and oxygen atoms in total. The predicted molar refractivity (Wildman–Crippen MR) is 68.6 cm³/mol. The molecule has 2 atom stereocenters. The van der Waals surface area contributed by atoms with E-state index in [0.29, 0.717) is 5.92 Å². The Hall–Kier alpha value is -0.930. The van der Waals surface area contributed by atoms with Gasteiger partial charge in [-0.05, 0) is 42.9 Å². The smallest absolute Gasteiger partial charge is 0.0580 e. The van der Waals surface area contributed by atoms with E-state index in [-0.39, 0.29) is 6.10 Å². The third kappa shape index (κ3) is 3.51. The average Bonchev–Trinajstić information content (AvgIpc) is 2.34. The molecule has 1 aliphatic carbocycles. The van der Waals surface area contributed by atoms with E-state index in [1.807, 2.05) is 18.5 Å². The summed E-state index contributed by atoms with van der Waals surface area (Å²) in [4.78, 5) is 4.14. The largest absolute Gasteiger partial charge is 0.393 e. The molecule has 0 aliphatic heterocycles. The SMILES string of the molecule is Cc1ccncc1CNCC1CCCCC1O. The molecule has 17 heavy (non-hydrogen) atoms. The molecule has 3 heteroatoms. The van der Waals surface area contributed by atoms with Crippen LogP contribution in [0.3, 0.4) is 0 Å². The van der Waals surface area contributed by atoms with Gasteiger partial charge in [0.25, 0.3) is 0 Å². The monoisotopic (exact) mass is 234 g/mol. The first kappa shape index (κ1) is 12.5. The fourth-order valence-corrected chi connectivity index (χ4v) is 2.50. The van der Waals surface area contributed by atoms with E-state index in [1.54, 1.807) is 0 Å². The summed E-state index contributed by atoms with van der Waals surface area (Å²) in [7, 11) is 0. The Morgan fingerprint density at radius 3 is 3.00 bits per heavy atom. The number of rotatable bonds is 4. The van der Waals surface area contributed by atoms with Crippen molar-refractivity contribution in [2.45, 2.75) is 45.3 Å². The lowest BCUT2D eigenvalue weighted by atomic mass is 9.86. The summed E-state index contributed by atoms with van der Waals surface area (Å²) in [6.45, 7) is 3.87. The molecule has 1 heterocycles. The number of pyridine rings is 1. The zero-order chi connectivity index (χ0) is 12.1. The van der Waals surface area contributed by atoms with Crippen LogP contribution >= 0.6 is 0 Å². The maximum atomic E-state index is 9.87. The fraction of sp³-hybridized carbons (Fsp3) is 0.643. The van der Waals surface area contributed by atoms with Crippen LogP contribution in [0.4, 0.5) is 0 Å². The molecule has 1 aromatic rings. The van der Waals surface area contributed by atoms with Gasteiger partial charge >= 0.3 is 0 Å². The Balaban J connectivity index is 1.77. The van der Waals surface area contributed by atoms with Crippen molar-refractivity contribution < 1.29 is 5.11 Å². The van der Waals surface area contributed by atoms with Gasteiger partial charge < -0.3 is 10.4 Å². The first-order valence-electron chi connectivity index (χ1n) is 6.55. The number of nitrogens with one attached hydrogen (secondary N) is 1. The van der Waals surface area contributed by atoms with Gasteiger partial charge in [-0.1, -0.05) is 12.8 Å². The van der Waals surface area contributed by atoms with Crippen molar-refractivity contribution in [2.24, 2.45) is 5.92 Å². The van der Waals surface area contributed by atoms with Crippen molar-refractivity contribution in [3.8, 4) is 0 Å². The van der Waals surface area contributed by atoms with Crippen molar-refractivity contribution >= 4 is 0 Å². The van der Waals surface area contributed by atoms with E-state index in [4.69, 9.17) is 0 Å². The second-order valence-corrected chi connectivity index (χ2v) is 5.04. The zero-order valence-corrected chi connectivity index (χ0v) is 10.5. The molecule has 0 aromatic carbocycles. The standard InChI is InChI=1S/C14H22N2O/c1-11-6-7-15-9-13(11)10-16-8-12-4-2-3-5-14(12)17/h6-7,9,12,14,16-17H,2-5,8,10H2,1H3. The Kier molecular flexibility index (Phi) is 4.51. The van der Waals surface area contributed by atoms with E-state index in [2.05, 4.69) is 17.2 Å². The third-order valence-corrected chi connectivity index (χ3v) is 3.74. The van der Waals surface area contributed by atoms with Crippen molar-refractivity contribution in [2.75, 3.05) is 6.54 Å². The summed E-state index contributed by atoms with van der Waals surface area (Å²) >= 11 is 0. The second-order valence-electron chi connectivity index (χ2n) is 5.04. The summed E-state index contributed by atoms with van der Waals surface area (Å²) in [6.07, 6.45) is 8.20. The fourth-order valence-electron chi connectivity index (χ4n) is 2.50. The summed E-state index contributed by atoms with van der Waals surface area (Å²) in [5.74, 6) is 0.431. The Morgan fingerprint density at radius 2 is 2.24 bits per heavy atom. The van der Waals surface area contributed by atoms with Crippen LogP contribution < -0.4 is 5.32 Å². The molecule has 1 aliphatic rings. The highest BCUT2D eigenvalue weighted by Crippen LogP contribution is 2.23. The van der Waals surface area contributed by atoms with Crippen LogP contribution in [0, 0.1) is 12.8 Å². The van der Waals surface area contributed by atoms with Crippen LogP contribution in [0.2, 0.25) is 0 Å².